The van der Waals surface area contributed by atoms with E-state index < -0.39 is 39.2 Å². The number of hydrogen-bond acceptors (Lipinski definition) is 11. The molecular weight excluding hydrogens is 873 g/mol. The van der Waals surface area contributed by atoms with Crippen LogP contribution in [0.2, 0.25) is 25.7 Å². The number of rotatable bonds is 15. The highest BCUT2D eigenvalue weighted by atomic mass is 32.2. The Morgan fingerprint density at radius 1 is 0.797 bits per heavy atom. The molecule has 0 saturated carbocycles. The fourth-order valence-corrected chi connectivity index (χ4v) is 11.3. The number of ether oxygens (including phenoxy) is 1. The molecule has 8 heterocycles. The fourth-order valence-electron chi connectivity index (χ4n) is 8.05. The van der Waals surface area contributed by atoms with Gasteiger partial charge in [0.2, 0.25) is 31.7 Å². The second-order valence-electron chi connectivity index (χ2n) is 17.1. The van der Waals surface area contributed by atoms with Crippen molar-refractivity contribution in [3.05, 3.63) is 84.5 Å². The molecule has 22 heteroatoms. The maximum absolute atomic E-state index is 12.3. The number of fused-ring (bicyclic) bond motifs is 2. The van der Waals surface area contributed by atoms with Crippen LogP contribution in [0, 0.1) is 35.8 Å². The van der Waals surface area contributed by atoms with Gasteiger partial charge in [-0.2, -0.15) is 19.1 Å². The first-order valence-electron chi connectivity index (χ1n) is 20.5. The number of hydrogen-bond donors (Lipinski definition) is 1. The summed E-state index contributed by atoms with van der Waals surface area (Å²) in [5.41, 5.74) is 2.70. The van der Waals surface area contributed by atoms with E-state index in [1.807, 2.05) is 29.1 Å². The standard InChI is InChI=1S/C24H31N7O3SSi.C18H17N7O2S/c1-6-35(32,33)30-15-24(16-30,8-9-25)31-14-19(13-21(31)26-2)22-20-7-10-29(23(20)28-17-27-22)18-34-11-12-36(3,4)5;1-3-28(26,27)24-10-18(11-24,5-6-19)25-9-13(8-15(25)20-2)16-14-4-7-21-17(14)23-12-22-16/h7,10,13-14,17H,6,8,11-12,15-16,18H2,1,3-5H3;4,7-9,12H,3,5,10-11H2,1H3,(H,21,22,23). The molecule has 8 rings (SSSR count). The molecule has 2 aliphatic rings. The minimum Gasteiger partial charge on any atom is -0.364 e. The van der Waals surface area contributed by atoms with Crippen molar-refractivity contribution in [3.8, 4) is 34.7 Å². The van der Waals surface area contributed by atoms with Crippen molar-refractivity contribution < 1.29 is 21.6 Å². The van der Waals surface area contributed by atoms with Crippen LogP contribution in [0.5, 0.6) is 0 Å². The molecule has 0 amide bonds. The van der Waals surface area contributed by atoms with Gasteiger partial charge in [0.25, 0.3) is 0 Å². The Labute approximate surface area is 373 Å². The second-order valence-corrected chi connectivity index (χ2v) is 27.3. The van der Waals surface area contributed by atoms with Crippen LogP contribution in [0.4, 0.5) is 11.6 Å². The molecule has 2 saturated heterocycles. The van der Waals surface area contributed by atoms with Crippen molar-refractivity contribution in [3.63, 3.8) is 0 Å². The van der Waals surface area contributed by atoms with Crippen LogP contribution in [0.25, 0.3) is 54.3 Å². The topological polar surface area (TPSA) is 222 Å². The number of H-pyrrole nitrogens is 1. The Bertz CT molecular complexity index is 3110. The predicted molar refractivity (Wildman–Crippen MR) is 243 cm³/mol. The van der Waals surface area contributed by atoms with Gasteiger partial charge < -0.3 is 24.0 Å². The monoisotopic (exact) mass is 920 g/mol. The molecule has 6 aromatic heterocycles. The summed E-state index contributed by atoms with van der Waals surface area (Å²) < 4.78 is 63.0. The highest BCUT2D eigenvalue weighted by molar-refractivity contribution is 7.89. The van der Waals surface area contributed by atoms with Gasteiger partial charge in [0, 0.05) is 49.0 Å². The zero-order valence-corrected chi connectivity index (χ0v) is 38.9. The second kappa shape index (κ2) is 17.7. The van der Waals surface area contributed by atoms with Gasteiger partial charge in [0.15, 0.2) is 0 Å². The largest absolute Gasteiger partial charge is 0.364 e. The molecule has 0 atom stereocenters. The molecule has 0 aromatic carbocycles. The molecule has 0 aliphatic carbocycles. The molecule has 1 N–H and O–H groups in total. The number of aromatic amines is 1. The zero-order valence-electron chi connectivity index (χ0n) is 36.2. The van der Waals surface area contributed by atoms with Gasteiger partial charge in [-0.25, -0.2) is 36.8 Å². The molecule has 0 spiro atoms. The first-order valence-corrected chi connectivity index (χ1v) is 27.5. The summed E-state index contributed by atoms with van der Waals surface area (Å²) in [7, 11) is -7.88. The van der Waals surface area contributed by atoms with E-state index in [9.17, 15) is 27.4 Å². The Kier molecular flexibility index (Phi) is 12.7. The molecule has 0 unspecified atom stereocenters. The first-order chi connectivity index (χ1) is 30.5. The van der Waals surface area contributed by atoms with Crippen molar-refractivity contribution in [1.29, 1.82) is 10.5 Å². The highest BCUT2D eigenvalue weighted by Gasteiger charge is 2.53. The van der Waals surface area contributed by atoms with Crippen LogP contribution < -0.4 is 0 Å². The van der Waals surface area contributed by atoms with Crippen molar-refractivity contribution in [1.82, 2.24) is 47.2 Å². The SMILES string of the molecule is [C-]#[N+]c1cc(-c2ncnc3[nH]ccc23)cn1C1(CC#N)CN(S(=O)(=O)CC)C1.[C-]#[N+]c1cc(-c2ncnc3c2ccn3COCC[Si](C)(C)C)cn1C1(CC#N)CN(S(=O)(=O)CC)C1. The third-order valence-corrected chi connectivity index (χ3v) is 17.0. The lowest BCUT2D eigenvalue weighted by atomic mass is 9.88. The third kappa shape index (κ3) is 8.68. The molecule has 0 bridgehead atoms. The molecule has 2 fully saturated rings. The van der Waals surface area contributed by atoms with Crippen LogP contribution in [0.1, 0.15) is 26.7 Å². The molecule has 0 radical (unpaired) electrons. The summed E-state index contributed by atoms with van der Waals surface area (Å²) in [6.45, 7) is 27.2. The van der Waals surface area contributed by atoms with Crippen molar-refractivity contribution >= 4 is 61.8 Å². The Morgan fingerprint density at radius 3 is 1.80 bits per heavy atom. The Balaban J connectivity index is 0.000000197. The van der Waals surface area contributed by atoms with Gasteiger partial charge in [-0.3, -0.25) is 9.13 Å². The number of sulfonamides is 2. The van der Waals surface area contributed by atoms with E-state index in [4.69, 9.17) is 17.9 Å². The summed E-state index contributed by atoms with van der Waals surface area (Å²) >= 11 is 0. The summed E-state index contributed by atoms with van der Waals surface area (Å²) in [4.78, 5) is 27.8. The van der Waals surface area contributed by atoms with Gasteiger partial charge in [-0.05, 0) is 44.2 Å². The Morgan fingerprint density at radius 2 is 1.31 bits per heavy atom. The summed E-state index contributed by atoms with van der Waals surface area (Å²) in [6.07, 6.45) is 10.4. The molecule has 332 valence electrons. The molecule has 19 nitrogen and oxygen atoms in total. The van der Waals surface area contributed by atoms with Crippen LogP contribution in [0.3, 0.4) is 0 Å². The predicted octanol–water partition coefficient (Wildman–Crippen LogP) is 6.29. The summed E-state index contributed by atoms with van der Waals surface area (Å²) in [5.74, 6) is 0.699. The van der Waals surface area contributed by atoms with Crippen molar-refractivity contribution in [2.45, 2.75) is 70.2 Å². The van der Waals surface area contributed by atoms with Crippen LogP contribution in [-0.4, -0.2) is 116 Å². The molecule has 2 aliphatic heterocycles. The van der Waals surface area contributed by atoms with E-state index in [1.54, 1.807) is 47.5 Å². The van der Waals surface area contributed by atoms with E-state index in [0.717, 1.165) is 33.6 Å². The lowest BCUT2D eigenvalue weighted by Crippen LogP contribution is -2.63. The van der Waals surface area contributed by atoms with Crippen LogP contribution in [0.15, 0.2) is 61.7 Å². The van der Waals surface area contributed by atoms with Gasteiger partial charge >= 0.3 is 0 Å². The number of nitrogens with one attached hydrogen (secondary N) is 1. The minimum atomic E-state index is -3.37. The van der Waals surface area contributed by atoms with Crippen LogP contribution in [-0.2, 0) is 42.6 Å². The highest BCUT2D eigenvalue weighted by Crippen LogP contribution is 2.43. The molecular formula is C42H48N14O5S2Si. The Hall–Kier alpha value is -6.24. The van der Waals surface area contributed by atoms with E-state index in [1.165, 1.54) is 21.3 Å². The third-order valence-electron chi connectivity index (χ3n) is 11.7. The van der Waals surface area contributed by atoms with Crippen molar-refractivity contribution in [2.75, 3.05) is 44.3 Å². The van der Waals surface area contributed by atoms with Gasteiger partial charge in [0.1, 0.15) is 41.8 Å². The quantitative estimate of drug-likeness (QED) is 0.0685. The average molecular weight is 921 g/mol. The van der Waals surface area contributed by atoms with Gasteiger partial charge in [0.05, 0.1) is 86.4 Å². The van der Waals surface area contributed by atoms with E-state index >= 15 is 0 Å². The van der Waals surface area contributed by atoms with Crippen LogP contribution >= 0.6 is 0 Å². The zero-order chi connectivity index (χ0) is 46.1. The minimum absolute atomic E-state index is 0.00000293. The van der Waals surface area contributed by atoms with E-state index in [2.05, 4.69) is 66.4 Å². The molecule has 6 aromatic rings. The van der Waals surface area contributed by atoms with E-state index in [0.29, 0.717) is 42.0 Å². The smallest absolute Gasteiger partial charge is 0.231 e. The number of aromatic nitrogens is 8. The van der Waals surface area contributed by atoms with Crippen molar-refractivity contribution in [2.24, 2.45) is 0 Å². The lowest BCUT2D eigenvalue weighted by Gasteiger charge is -2.46. The maximum atomic E-state index is 12.3. The molecule has 64 heavy (non-hydrogen) atoms. The first kappa shape index (κ1) is 45.8. The number of nitriles is 2. The van der Waals surface area contributed by atoms with E-state index in [-0.39, 0.29) is 50.5 Å². The summed E-state index contributed by atoms with van der Waals surface area (Å²) in [5, 5.41) is 20.5. The maximum Gasteiger partial charge on any atom is 0.231 e. The fraction of sp³-hybridized carbons (Fsp3) is 0.429. The number of nitrogens with zero attached hydrogens (tertiary/aromatic N) is 13. The normalized spacial score (nSPS) is 16.1. The van der Waals surface area contributed by atoms with Gasteiger partial charge in [-0.15, -0.1) is 0 Å². The average Bonchev–Trinajstić information content (AvgIpc) is 4.07. The lowest BCUT2D eigenvalue weighted by molar-refractivity contribution is 0.0875. The van der Waals surface area contributed by atoms with Gasteiger partial charge in [-0.1, -0.05) is 32.8 Å². The summed E-state index contributed by atoms with van der Waals surface area (Å²) in [6, 6.07) is 12.7.